The molecular formula is C12H22N2O4. The summed E-state index contributed by atoms with van der Waals surface area (Å²) in [6, 6.07) is 0.357. The van der Waals surface area contributed by atoms with Crippen molar-refractivity contribution in [2.24, 2.45) is 0 Å². The van der Waals surface area contributed by atoms with Crippen LogP contribution in [0.5, 0.6) is 0 Å². The number of carbonyl (C=O) groups is 2. The smallest absolute Gasteiger partial charge is 0.304 e. The predicted molar refractivity (Wildman–Crippen MR) is 66.3 cm³/mol. The lowest BCUT2D eigenvalue weighted by Crippen LogP contribution is -2.43. The van der Waals surface area contributed by atoms with Gasteiger partial charge in [-0.05, 0) is 19.8 Å². The maximum absolute atomic E-state index is 11.8. The van der Waals surface area contributed by atoms with E-state index in [2.05, 4.69) is 5.32 Å². The highest BCUT2D eigenvalue weighted by Gasteiger charge is 2.30. The third-order valence-corrected chi connectivity index (χ3v) is 2.85. The molecule has 1 aliphatic rings. The van der Waals surface area contributed by atoms with Gasteiger partial charge in [0.15, 0.2) is 0 Å². The number of nitrogens with one attached hydrogen (secondary N) is 1. The van der Waals surface area contributed by atoms with Gasteiger partial charge in [0.25, 0.3) is 0 Å². The van der Waals surface area contributed by atoms with Gasteiger partial charge in [0, 0.05) is 25.7 Å². The molecule has 1 unspecified atom stereocenters. The first-order valence-corrected chi connectivity index (χ1v) is 6.27. The zero-order valence-corrected chi connectivity index (χ0v) is 11.0. The van der Waals surface area contributed by atoms with Crippen LogP contribution in [0.15, 0.2) is 0 Å². The van der Waals surface area contributed by atoms with E-state index in [0.717, 1.165) is 12.8 Å². The summed E-state index contributed by atoms with van der Waals surface area (Å²) in [5, 5.41) is 11.5. The maximum Gasteiger partial charge on any atom is 0.304 e. The molecule has 6 nitrogen and oxygen atoms in total. The summed E-state index contributed by atoms with van der Waals surface area (Å²) in [4.78, 5) is 24.3. The standard InChI is InChI=1S/C12H22N2O4/c1-9(8-18-2)13-11(15)7-14(10-3-4-10)6-5-12(16)17/h9-10H,3-8H2,1-2H3,(H,13,15)(H,16,17). The van der Waals surface area contributed by atoms with Gasteiger partial charge >= 0.3 is 5.97 Å². The van der Waals surface area contributed by atoms with E-state index in [0.29, 0.717) is 19.2 Å². The average Bonchev–Trinajstić information content (AvgIpc) is 3.07. The largest absolute Gasteiger partial charge is 0.481 e. The molecule has 2 N–H and O–H groups in total. The Hall–Kier alpha value is -1.14. The second-order valence-electron chi connectivity index (χ2n) is 4.77. The number of hydrogen-bond donors (Lipinski definition) is 2. The molecule has 0 aromatic rings. The van der Waals surface area contributed by atoms with Gasteiger partial charge in [-0.3, -0.25) is 14.5 Å². The van der Waals surface area contributed by atoms with Gasteiger partial charge in [0.2, 0.25) is 5.91 Å². The van der Waals surface area contributed by atoms with Gasteiger partial charge in [-0.1, -0.05) is 0 Å². The van der Waals surface area contributed by atoms with E-state index < -0.39 is 5.97 Å². The van der Waals surface area contributed by atoms with E-state index in [9.17, 15) is 9.59 Å². The second kappa shape index (κ2) is 7.33. The molecule has 0 radical (unpaired) electrons. The van der Waals surface area contributed by atoms with Crippen molar-refractivity contribution < 1.29 is 19.4 Å². The van der Waals surface area contributed by atoms with Crippen molar-refractivity contribution in [2.45, 2.75) is 38.3 Å². The number of amides is 1. The zero-order chi connectivity index (χ0) is 13.5. The molecule has 0 aromatic carbocycles. The molecule has 18 heavy (non-hydrogen) atoms. The normalized spacial score (nSPS) is 16.6. The SMILES string of the molecule is COCC(C)NC(=O)CN(CCC(=O)O)C1CC1. The van der Waals surface area contributed by atoms with Crippen LogP contribution in [-0.2, 0) is 14.3 Å². The summed E-state index contributed by atoms with van der Waals surface area (Å²) in [6.07, 6.45) is 2.19. The molecule has 1 fully saturated rings. The first-order chi connectivity index (χ1) is 8.52. The summed E-state index contributed by atoms with van der Waals surface area (Å²) >= 11 is 0. The Bertz CT molecular complexity index is 292. The lowest BCUT2D eigenvalue weighted by Gasteiger charge is -2.21. The molecule has 0 spiro atoms. The van der Waals surface area contributed by atoms with Gasteiger partial charge < -0.3 is 15.2 Å². The van der Waals surface area contributed by atoms with Crippen molar-refractivity contribution in [3.63, 3.8) is 0 Å². The molecular weight excluding hydrogens is 236 g/mol. The van der Waals surface area contributed by atoms with Crippen LogP contribution in [0.2, 0.25) is 0 Å². The average molecular weight is 258 g/mol. The number of aliphatic carboxylic acids is 1. The molecule has 0 saturated heterocycles. The summed E-state index contributed by atoms with van der Waals surface area (Å²) in [6.45, 7) is 3.06. The topological polar surface area (TPSA) is 78.9 Å². The number of carboxylic acids is 1. The Kier molecular flexibility index (Phi) is 6.07. The first kappa shape index (κ1) is 14.9. The molecule has 0 heterocycles. The quantitative estimate of drug-likeness (QED) is 0.612. The van der Waals surface area contributed by atoms with Crippen LogP contribution in [-0.4, -0.2) is 60.8 Å². The fourth-order valence-corrected chi connectivity index (χ4v) is 1.87. The number of carbonyl (C=O) groups excluding carboxylic acids is 1. The van der Waals surface area contributed by atoms with Crippen LogP contribution in [0, 0.1) is 0 Å². The number of nitrogens with zero attached hydrogens (tertiary/aromatic N) is 1. The van der Waals surface area contributed by atoms with E-state index in [-0.39, 0.29) is 24.9 Å². The fourth-order valence-electron chi connectivity index (χ4n) is 1.87. The zero-order valence-electron chi connectivity index (χ0n) is 11.0. The van der Waals surface area contributed by atoms with Crippen molar-refractivity contribution in [1.29, 1.82) is 0 Å². The minimum atomic E-state index is -0.825. The highest BCUT2D eigenvalue weighted by Crippen LogP contribution is 2.26. The Balaban J connectivity index is 2.31. The molecule has 6 heteroatoms. The summed E-state index contributed by atoms with van der Waals surface area (Å²) in [5.74, 6) is -0.898. The van der Waals surface area contributed by atoms with Crippen molar-refractivity contribution in [3.05, 3.63) is 0 Å². The van der Waals surface area contributed by atoms with Crippen LogP contribution >= 0.6 is 0 Å². The minimum Gasteiger partial charge on any atom is -0.481 e. The Morgan fingerprint density at radius 1 is 1.50 bits per heavy atom. The molecule has 0 aromatic heterocycles. The van der Waals surface area contributed by atoms with Crippen molar-refractivity contribution in [1.82, 2.24) is 10.2 Å². The van der Waals surface area contributed by atoms with Crippen molar-refractivity contribution in [2.75, 3.05) is 26.8 Å². The molecule has 1 amide bonds. The van der Waals surface area contributed by atoms with Gasteiger partial charge in [-0.2, -0.15) is 0 Å². The van der Waals surface area contributed by atoms with Crippen molar-refractivity contribution in [3.8, 4) is 0 Å². The fraction of sp³-hybridized carbons (Fsp3) is 0.833. The minimum absolute atomic E-state index is 0.0250. The van der Waals surface area contributed by atoms with Gasteiger partial charge in [-0.15, -0.1) is 0 Å². The third kappa shape index (κ3) is 5.97. The van der Waals surface area contributed by atoms with E-state index >= 15 is 0 Å². The molecule has 0 aliphatic heterocycles. The second-order valence-corrected chi connectivity index (χ2v) is 4.77. The Labute approximate surface area is 107 Å². The summed E-state index contributed by atoms with van der Waals surface area (Å²) < 4.78 is 4.94. The van der Waals surface area contributed by atoms with Crippen LogP contribution in [0.25, 0.3) is 0 Å². The molecule has 104 valence electrons. The number of carboxylic acid groups (broad SMARTS) is 1. The number of hydrogen-bond acceptors (Lipinski definition) is 4. The molecule has 0 bridgehead atoms. The monoisotopic (exact) mass is 258 g/mol. The number of ether oxygens (including phenoxy) is 1. The molecule has 1 saturated carbocycles. The predicted octanol–water partition coefficient (Wildman–Crippen LogP) is 0.0766. The van der Waals surface area contributed by atoms with Crippen LogP contribution in [0.3, 0.4) is 0 Å². The summed E-state index contributed by atoms with van der Waals surface area (Å²) in [7, 11) is 1.59. The molecule has 1 aliphatic carbocycles. The van der Waals surface area contributed by atoms with Gasteiger partial charge in [-0.25, -0.2) is 0 Å². The highest BCUT2D eigenvalue weighted by molar-refractivity contribution is 5.78. The third-order valence-electron chi connectivity index (χ3n) is 2.85. The first-order valence-electron chi connectivity index (χ1n) is 6.27. The van der Waals surface area contributed by atoms with E-state index in [1.807, 2.05) is 11.8 Å². The van der Waals surface area contributed by atoms with E-state index in [1.165, 1.54) is 0 Å². The van der Waals surface area contributed by atoms with E-state index in [4.69, 9.17) is 9.84 Å². The van der Waals surface area contributed by atoms with Crippen LogP contribution in [0.4, 0.5) is 0 Å². The van der Waals surface area contributed by atoms with Crippen LogP contribution < -0.4 is 5.32 Å². The lowest BCUT2D eigenvalue weighted by atomic mass is 10.3. The maximum atomic E-state index is 11.8. The highest BCUT2D eigenvalue weighted by atomic mass is 16.5. The van der Waals surface area contributed by atoms with Gasteiger partial charge in [0.05, 0.1) is 19.6 Å². The van der Waals surface area contributed by atoms with Crippen molar-refractivity contribution >= 4 is 11.9 Å². The Morgan fingerprint density at radius 3 is 2.67 bits per heavy atom. The lowest BCUT2D eigenvalue weighted by molar-refractivity contribution is -0.137. The van der Waals surface area contributed by atoms with E-state index in [1.54, 1.807) is 7.11 Å². The van der Waals surface area contributed by atoms with Crippen LogP contribution in [0.1, 0.15) is 26.2 Å². The molecule has 1 atom stereocenters. The Morgan fingerprint density at radius 2 is 2.17 bits per heavy atom. The molecule has 1 rings (SSSR count). The van der Waals surface area contributed by atoms with Gasteiger partial charge in [0.1, 0.15) is 0 Å². The number of rotatable bonds is 9. The summed E-state index contributed by atoms with van der Waals surface area (Å²) in [5.41, 5.74) is 0. The number of methoxy groups -OCH3 is 1.